The molecule has 0 spiro atoms. The molecule has 3 heteroatoms. The highest BCUT2D eigenvalue weighted by molar-refractivity contribution is 7.85. The molecule has 4 unspecified atom stereocenters. The fourth-order valence-corrected chi connectivity index (χ4v) is 5.41. The Morgan fingerprint density at radius 2 is 2.12 bits per heavy atom. The van der Waals surface area contributed by atoms with Crippen molar-refractivity contribution in [3.05, 3.63) is 0 Å². The molecule has 2 fully saturated rings. The van der Waals surface area contributed by atoms with E-state index in [1.54, 1.807) is 0 Å². The van der Waals surface area contributed by atoms with Gasteiger partial charge in [-0.25, -0.2) is 0 Å². The van der Waals surface area contributed by atoms with Crippen molar-refractivity contribution in [3.8, 4) is 0 Å². The van der Waals surface area contributed by atoms with Crippen molar-refractivity contribution in [2.75, 3.05) is 5.75 Å². The molecule has 0 radical (unpaired) electrons. The first-order chi connectivity index (χ1) is 7.52. The number of hydrogen-bond acceptors (Lipinski definition) is 2. The van der Waals surface area contributed by atoms with Crippen LogP contribution in [-0.4, -0.2) is 26.8 Å². The van der Waals surface area contributed by atoms with Gasteiger partial charge < -0.3 is 5.32 Å². The van der Waals surface area contributed by atoms with E-state index in [2.05, 4.69) is 26.1 Å². The monoisotopic (exact) mass is 243 g/mol. The standard InChI is InChI=1S/C13H25NOS/c1-4-5-10-6-7-11-12(8-10)16(15)9-13(2,3)14-11/h10-12,14H,4-9H2,1-3H3. The summed E-state index contributed by atoms with van der Waals surface area (Å²) in [5.41, 5.74) is 0.0730. The van der Waals surface area contributed by atoms with Crippen LogP contribution < -0.4 is 5.32 Å². The van der Waals surface area contributed by atoms with Gasteiger partial charge in [-0.2, -0.15) is 0 Å². The number of fused-ring (bicyclic) bond motifs is 1. The Morgan fingerprint density at radius 3 is 2.81 bits per heavy atom. The van der Waals surface area contributed by atoms with Crippen LogP contribution in [-0.2, 0) is 10.8 Å². The van der Waals surface area contributed by atoms with Crippen molar-refractivity contribution < 1.29 is 4.21 Å². The quantitative estimate of drug-likeness (QED) is 0.807. The van der Waals surface area contributed by atoms with Crippen LogP contribution in [0.3, 0.4) is 0 Å². The van der Waals surface area contributed by atoms with Crippen molar-refractivity contribution >= 4 is 10.8 Å². The van der Waals surface area contributed by atoms with Gasteiger partial charge in [-0.1, -0.05) is 19.8 Å². The smallest absolute Gasteiger partial charge is 0.0504 e. The molecular weight excluding hydrogens is 218 g/mol. The Bertz CT molecular complexity index is 277. The molecule has 0 aromatic rings. The summed E-state index contributed by atoms with van der Waals surface area (Å²) in [6.07, 6.45) is 6.34. The predicted octanol–water partition coefficient (Wildman–Crippen LogP) is 2.45. The van der Waals surface area contributed by atoms with E-state index in [0.717, 1.165) is 11.7 Å². The van der Waals surface area contributed by atoms with Crippen LogP contribution in [0.1, 0.15) is 52.9 Å². The van der Waals surface area contributed by atoms with Crippen LogP contribution in [0.4, 0.5) is 0 Å². The fourth-order valence-electron chi connectivity index (χ4n) is 3.34. The van der Waals surface area contributed by atoms with Crippen molar-refractivity contribution in [1.29, 1.82) is 0 Å². The third-order valence-corrected chi connectivity index (χ3v) is 6.22. The van der Waals surface area contributed by atoms with Gasteiger partial charge in [0, 0.05) is 28.1 Å². The van der Waals surface area contributed by atoms with Crippen molar-refractivity contribution in [2.45, 2.75) is 69.7 Å². The molecule has 16 heavy (non-hydrogen) atoms. The molecule has 0 amide bonds. The maximum atomic E-state index is 12.3. The zero-order valence-corrected chi connectivity index (χ0v) is 11.6. The van der Waals surface area contributed by atoms with E-state index in [4.69, 9.17) is 0 Å². The highest BCUT2D eigenvalue weighted by atomic mass is 32.2. The third kappa shape index (κ3) is 2.67. The first-order valence-electron chi connectivity index (χ1n) is 6.66. The lowest BCUT2D eigenvalue weighted by atomic mass is 9.82. The van der Waals surface area contributed by atoms with Crippen LogP contribution in [0.2, 0.25) is 0 Å². The SMILES string of the molecule is CCCC1CCC2NC(C)(C)CS(=O)C2C1. The molecule has 94 valence electrons. The summed E-state index contributed by atoms with van der Waals surface area (Å²) in [6, 6.07) is 0.512. The molecular formula is C13H25NOS. The lowest BCUT2D eigenvalue weighted by molar-refractivity contribution is 0.235. The molecule has 2 aliphatic rings. The van der Waals surface area contributed by atoms with Gasteiger partial charge in [0.2, 0.25) is 0 Å². The van der Waals surface area contributed by atoms with Gasteiger partial charge in [-0.15, -0.1) is 0 Å². The fraction of sp³-hybridized carbons (Fsp3) is 1.00. The minimum absolute atomic E-state index is 0.0730. The van der Waals surface area contributed by atoms with Crippen molar-refractivity contribution in [1.82, 2.24) is 5.32 Å². The van der Waals surface area contributed by atoms with Gasteiger partial charge in [0.15, 0.2) is 0 Å². The molecule has 2 rings (SSSR count). The Morgan fingerprint density at radius 1 is 1.38 bits per heavy atom. The maximum Gasteiger partial charge on any atom is 0.0504 e. The normalized spacial score (nSPS) is 42.7. The van der Waals surface area contributed by atoms with E-state index >= 15 is 0 Å². The van der Waals surface area contributed by atoms with Crippen molar-refractivity contribution in [2.24, 2.45) is 5.92 Å². The molecule has 1 heterocycles. The topological polar surface area (TPSA) is 29.1 Å². The van der Waals surface area contributed by atoms with Crippen LogP contribution in [0.15, 0.2) is 0 Å². The average Bonchev–Trinajstić information content (AvgIpc) is 2.18. The molecule has 1 saturated carbocycles. The zero-order chi connectivity index (χ0) is 11.8. The van der Waals surface area contributed by atoms with E-state index in [0.29, 0.717) is 11.3 Å². The second-order valence-electron chi connectivity index (χ2n) is 6.17. The summed E-state index contributed by atoms with van der Waals surface area (Å²) in [7, 11) is -0.613. The molecule has 1 aliphatic carbocycles. The summed E-state index contributed by atoms with van der Waals surface area (Å²) in [6.45, 7) is 6.61. The molecule has 0 aromatic carbocycles. The number of nitrogens with one attached hydrogen (secondary N) is 1. The average molecular weight is 243 g/mol. The third-order valence-electron chi connectivity index (χ3n) is 4.01. The summed E-state index contributed by atoms with van der Waals surface area (Å²) in [5, 5.41) is 4.12. The molecule has 0 aromatic heterocycles. The Hall–Kier alpha value is 0.110. The second kappa shape index (κ2) is 4.77. The molecule has 1 saturated heterocycles. The highest BCUT2D eigenvalue weighted by Crippen LogP contribution is 2.34. The minimum atomic E-state index is -0.613. The minimum Gasteiger partial charge on any atom is -0.307 e. The Kier molecular flexibility index (Phi) is 3.75. The van der Waals surface area contributed by atoms with Gasteiger partial charge in [-0.05, 0) is 39.0 Å². The molecule has 4 atom stereocenters. The maximum absolute atomic E-state index is 12.3. The van der Waals surface area contributed by atoms with E-state index < -0.39 is 10.8 Å². The summed E-state index contributed by atoms with van der Waals surface area (Å²) < 4.78 is 12.3. The summed E-state index contributed by atoms with van der Waals surface area (Å²) in [5.74, 6) is 1.66. The van der Waals surface area contributed by atoms with E-state index in [1.807, 2.05) is 0 Å². The van der Waals surface area contributed by atoms with E-state index in [9.17, 15) is 4.21 Å². The molecule has 2 nitrogen and oxygen atoms in total. The molecule has 1 N–H and O–H groups in total. The second-order valence-corrected chi connectivity index (χ2v) is 7.82. The Labute approximate surface area is 102 Å². The number of hydrogen-bond donors (Lipinski definition) is 1. The summed E-state index contributed by atoms with van der Waals surface area (Å²) in [4.78, 5) is 0. The highest BCUT2D eigenvalue weighted by Gasteiger charge is 2.42. The van der Waals surface area contributed by atoms with Gasteiger partial charge >= 0.3 is 0 Å². The molecule has 1 aliphatic heterocycles. The van der Waals surface area contributed by atoms with Gasteiger partial charge in [0.1, 0.15) is 0 Å². The lowest BCUT2D eigenvalue weighted by Gasteiger charge is -2.45. The predicted molar refractivity (Wildman–Crippen MR) is 70.0 cm³/mol. The number of rotatable bonds is 2. The first kappa shape index (κ1) is 12.6. The van der Waals surface area contributed by atoms with E-state index in [1.165, 1.54) is 32.1 Å². The van der Waals surface area contributed by atoms with E-state index in [-0.39, 0.29) is 5.54 Å². The van der Waals surface area contributed by atoms with Crippen LogP contribution >= 0.6 is 0 Å². The Balaban J connectivity index is 2.01. The summed E-state index contributed by atoms with van der Waals surface area (Å²) >= 11 is 0. The van der Waals surface area contributed by atoms with Crippen molar-refractivity contribution in [3.63, 3.8) is 0 Å². The van der Waals surface area contributed by atoms with Crippen LogP contribution in [0, 0.1) is 5.92 Å². The van der Waals surface area contributed by atoms with Gasteiger partial charge in [0.05, 0.1) is 5.25 Å². The van der Waals surface area contributed by atoms with Crippen LogP contribution in [0.25, 0.3) is 0 Å². The molecule has 0 bridgehead atoms. The first-order valence-corrected chi connectivity index (χ1v) is 8.05. The van der Waals surface area contributed by atoms with Gasteiger partial charge in [-0.3, -0.25) is 4.21 Å². The lowest BCUT2D eigenvalue weighted by Crippen LogP contribution is -2.62. The van der Waals surface area contributed by atoms with Gasteiger partial charge in [0.25, 0.3) is 0 Å². The largest absolute Gasteiger partial charge is 0.307 e. The van der Waals surface area contributed by atoms with Crippen LogP contribution in [0.5, 0.6) is 0 Å². The zero-order valence-electron chi connectivity index (χ0n) is 10.8.